The lowest BCUT2D eigenvalue weighted by Crippen LogP contribution is -2.31. The van der Waals surface area contributed by atoms with Crippen molar-refractivity contribution < 1.29 is 18.7 Å². The van der Waals surface area contributed by atoms with Gasteiger partial charge in [0.15, 0.2) is 16.7 Å². The Morgan fingerprint density at radius 3 is 2.62 bits per heavy atom. The summed E-state index contributed by atoms with van der Waals surface area (Å²) in [5.41, 5.74) is 1.75. The molecule has 1 atom stereocenters. The van der Waals surface area contributed by atoms with Crippen LogP contribution in [0.15, 0.2) is 52.4 Å². The van der Waals surface area contributed by atoms with Crippen molar-refractivity contribution in [1.29, 1.82) is 0 Å². The normalized spacial score (nSPS) is 15.1. The van der Waals surface area contributed by atoms with E-state index in [2.05, 4.69) is 29.1 Å². The number of ether oxygens (including phenoxy) is 2. The van der Waals surface area contributed by atoms with Crippen LogP contribution in [0.4, 0.5) is 10.2 Å². The number of hydrogen-bond donors (Lipinski definition) is 2. The molecular formula is C25H26FN3O4S. The molecule has 0 spiro atoms. The van der Waals surface area contributed by atoms with E-state index in [4.69, 9.17) is 9.47 Å². The number of thioether (sulfide) groups is 1. The van der Waals surface area contributed by atoms with Crippen molar-refractivity contribution in [3.05, 3.63) is 75.3 Å². The number of aromatic amines is 1. The highest BCUT2D eigenvalue weighted by atomic mass is 32.2. The Hall–Kier alpha value is -3.33. The van der Waals surface area contributed by atoms with Crippen LogP contribution < -0.4 is 20.3 Å². The van der Waals surface area contributed by atoms with Crippen molar-refractivity contribution in [2.75, 3.05) is 19.0 Å². The average molecular weight is 484 g/mol. The summed E-state index contributed by atoms with van der Waals surface area (Å²) < 4.78 is 24.4. The lowest BCUT2D eigenvalue weighted by Gasteiger charge is -2.25. The molecule has 0 saturated heterocycles. The second-order valence-electron chi connectivity index (χ2n) is 8.47. The van der Waals surface area contributed by atoms with Gasteiger partial charge < -0.3 is 19.8 Å². The molecule has 9 heteroatoms. The number of benzene rings is 2. The first-order chi connectivity index (χ1) is 16.3. The Balaban J connectivity index is 1.61. The molecule has 2 N–H and O–H groups in total. The van der Waals surface area contributed by atoms with Crippen molar-refractivity contribution in [1.82, 2.24) is 9.97 Å². The van der Waals surface area contributed by atoms with Crippen molar-refractivity contribution in [2.45, 2.75) is 37.1 Å². The van der Waals surface area contributed by atoms with Gasteiger partial charge in [0.05, 0.1) is 19.3 Å². The van der Waals surface area contributed by atoms with Crippen LogP contribution in [0.1, 0.15) is 42.9 Å². The number of hydrogen-bond acceptors (Lipinski definition) is 6. The quantitative estimate of drug-likeness (QED) is 0.356. The summed E-state index contributed by atoms with van der Waals surface area (Å²) in [6.07, 6.45) is 0.120. The zero-order valence-corrected chi connectivity index (χ0v) is 20.0. The Kier molecular flexibility index (Phi) is 7.21. The SMILES string of the molecule is COc1cc([C@H]2CC(=O)Nc3nc(SCc4ccc(F)cc4)[nH]c(=O)c32)ccc1OCC(C)C. The average Bonchev–Trinajstić information content (AvgIpc) is 2.81. The number of amides is 1. The third-order valence-electron chi connectivity index (χ3n) is 5.38. The number of H-pyrrole nitrogens is 1. The zero-order valence-electron chi connectivity index (χ0n) is 19.2. The summed E-state index contributed by atoms with van der Waals surface area (Å²) in [6.45, 7) is 4.67. The molecule has 178 valence electrons. The molecule has 0 radical (unpaired) electrons. The molecule has 2 aromatic carbocycles. The number of carbonyl (C=O) groups excluding carboxylic acids is 1. The molecular weight excluding hydrogens is 457 g/mol. The maximum absolute atomic E-state index is 13.1. The topological polar surface area (TPSA) is 93.3 Å². The van der Waals surface area contributed by atoms with Crippen LogP contribution in [0.2, 0.25) is 0 Å². The highest BCUT2D eigenvalue weighted by molar-refractivity contribution is 7.98. The van der Waals surface area contributed by atoms with Gasteiger partial charge in [0.2, 0.25) is 5.91 Å². The number of nitrogens with zero attached hydrogens (tertiary/aromatic N) is 1. The molecule has 0 bridgehead atoms. The largest absolute Gasteiger partial charge is 0.493 e. The van der Waals surface area contributed by atoms with E-state index in [-0.39, 0.29) is 29.5 Å². The Morgan fingerprint density at radius 2 is 1.91 bits per heavy atom. The summed E-state index contributed by atoms with van der Waals surface area (Å²) in [5, 5.41) is 3.11. The molecule has 2 heterocycles. The Morgan fingerprint density at radius 1 is 1.15 bits per heavy atom. The minimum absolute atomic E-state index is 0.120. The summed E-state index contributed by atoms with van der Waals surface area (Å²) in [7, 11) is 1.56. The van der Waals surface area contributed by atoms with Gasteiger partial charge in [-0.15, -0.1) is 0 Å². The predicted molar refractivity (Wildman–Crippen MR) is 129 cm³/mol. The fourth-order valence-electron chi connectivity index (χ4n) is 3.71. The smallest absolute Gasteiger partial charge is 0.257 e. The van der Waals surface area contributed by atoms with Gasteiger partial charge in [0.25, 0.3) is 5.56 Å². The van der Waals surface area contributed by atoms with Crippen LogP contribution in [-0.4, -0.2) is 29.6 Å². The van der Waals surface area contributed by atoms with E-state index in [9.17, 15) is 14.0 Å². The van der Waals surface area contributed by atoms with E-state index in [1.54, 1.807) is 31.4 Å². The fraction of sp³-hybridized carbons (Fsp3) is 0.320. The third kappa shape index (κ3) is 5.41. The van der Waals surface area contributed by atoms with E-state index in [1.165, 1.54) is 23.9 Å². The predicted octanol–water partition coefficient (Wildman–Crippen LogP) is 4.72. The molecule has 1 aliphatic rings. The second-order valence-corrected chi connectivity index (χ2v) is 9.43. The van der Waals surface area contributed by atoms with E-state index < -0.39 is 5.92 Å². The highest BCUT2D eigenvalue weighted by Crippen LogP contribution is 2.38. The number of nitrogens with one attached hydrogen (secondary N) is 2. The summed E-state index contributed by atoms with van der Waals surface area (Å²) in [5.74, 6) is 1.27. The number of halogens is 1. The first-order valence-corrected chi connectivity index (χ1v) is 11.9. The highest BCUT2D eigenvalue weighted by Gasteiger charge is 2.31. The summed E-state index contributed by atoms with van der Waals surface area (Å²) in [4.78, 5) is 32.9. The maximum atomic E-state index is 13.1. The summed E-state index contributed by atoms with van der Waals surface area (Å²) >= 11 is 1.30. The van der Waals surface area contributed by atoms with Gasteiger partial charge in [-0.25, -0.2) is 9.37 Å². The van der Waals surface area contributed by atoms with Crippen LogP contribution in [0.5, 0.6) is 11.5 Å². The molecule has 0 saturated carbocycles. The molecule has 34 heavy (non-hydrogen) atoms. The molecule has 1 amide bonds. The Bertz CT molecular complexity index is 1240. The minimum atomic E-state index is -0.468. The third-order valence-corrected chi connectivity index (χ3v) is 6.32. The fourth-order valence-corrected chi connectivity index (χ4v) is 4.53. The van der Waals surface area contributed by atoms with E-state index in [0.717, 1.165) is 11.1 Å². The number of rotatable bonds is 8. The van der Waals surface area contributed by atoms with Crippen LogP contribution in [0.25, 0.3) is 0 Å². The number of anilines is 1. The van der Waals surface area contributed by atoms with Gasteiger partial charge in [0, 0.05) is 18.1 Å². The van der Waals surface area contributed by atoms with E-state index in [1.807, 2.05) is 6.07 Å². The molecule has 1 aromatic heterocycles. The first-order valence-electron chi connectivity index (χ1n) is 11.0. The molecule has 3 aromatic rings. The van der Waals surface area contributed by atoms with Crippen molar-refractivity contribution in [3.8, 4) is 11.5 Å². The van der Waals surface area contributed by atoms with Gasteiger partial charge >= 0.3 is 0 Å². The van der Waals surface area contributed by atoms with Crippen molar-refractivity contribution in [2.24, 2.45) is 5.92 Å². The number of carbonyl (C=O) groups is 1. The molecule has 0 fully saturated rings. The number of aromatic nitrogens is 2. The molecule has 0 aliphatic carbocycles. The van der Waals surface area contributed by atoms with Gasteiger partial charge in [-0.3, -0.25) is 9.59 Å². The lowest BCUT2D eigenvalue weighted by molar-refractivity contribution is -0.116. The van der Waals surface area contributed by atoms with E-state index in [0.29, 0.717) is 40.5 Å². The van der Waals surface area contributed by atoms with Crippen LogP contribution in [0.3, 0.4) is 0 Å². The van der Waals surface area contributed by atoms with Gasteiger partial charge in [0.1, 0.15) is 11.6 Å². The zero-order chi connectivity index (χ0) is 24.2. The minimum Gasteiger partial charge on any atom is -0.493 e. The first kappa shape index (κ1) is 23.8. The van der Waals surface area contributed by atoms with Crippen molar-refractivity contribution >= 4 is 23.5 Å². The molecule has 4 rings (SSSR count). The van der Waals surface area contributed by atoms with Crippen LogP contribution in [-0.2, 0) is 10.5 Å². The number of fused-ring (bicyclic) bond motifs is 1. The van der Waals surface area contributed by atoms with Crippen molar-refractivity contribution in [3.63, 3.8) is 0 Å². The monoisotopic (exact) mass is 483 g/mol. The lowest BCUT2D eigenvalue weighted by atomic mass is 9.86. The van der Waals surface area contributed by atoms with Crippen LogP contribution in [0, 0.1) is 11.7 Å². The summed E-state index contributed by atoms with van der Waals surface area (Å²) in [6, 6.07) is 11.6. The van der Waals surface area contributed by atoms with Gasteiger partial charge in [-0.1, -0.05) is 43.8 Å². The van der Waals surface area contributed by atoms with E-state index >= 15 is 0 Å². The Labute approximate surface area is 201 Å². The van der Waals surface area contributed by atoms with Crippen LogP contribution >= 0.6 is 11.8 Å². The van der Waals surface area contributed by atoms with Gasteiger partial charge in [-0.2, -0.15) is 0 Å². The molecule has 7 nitrogen and oxygen atoms in total. The molecule has 0 unspecified atom stereocenters. The maximum Gasteiger partial charge on any atom is 0.257 e. The second kappa shape index (κ2) is 10.3. The molecule has 1 aliphatic heterocycles. The van der Waals surface area contributed by atoms with Gasteiger partial charge in [-0.05, 0) is 41.3 Å². The number of methoxy groups -OCH3 is 1. The standard InChI is InChI=1S/C25H26FN3O4S/c1-14(2)12-33-19-9-6-16(10-20(19)32-3)18-11-21(30)27-23-22(18)24(31)29-25(28-23)34-13-15-4-7-17(26)8-5-15/h4-10,14,18H,11-13H2,1-3H3,(H2,27,28,29,30,31)/t18-/m1/s1.